The summed E-state index contributed by atoms with van der Waals surface area (Å²) in [6.07, 6.45) is 0.825. The summed E-state index contributed by atoms with van der Waals surface area (Å²) in [7, 11) is 1.94. The van der Waals surface area contributed by atoms with E-state index in [1.54, 1.807) is 0 Å². The normalized spacial score (nSPS) is 12.9. The van der Waals surface area contributed by atoms with E-state index in [1.165, 1.54) is 5.69 Å². The van der Waals surface area contributed by atoms with Crippen molar-refractivity contribution in [3.8, 4) is 0 Å². The molecule has 0 amide bonds. The topological polar surface area (TPSA) is 43.0 Å². The Morgan fingerprint density at radius 3 is 2.68 bits per heavy atom. The number of nitrogens with zero attached hydrogens (tertiary/aromatic N) is 2. The van der Waals surface area contributed by atoms with Gasteiger partial charge in [0.25, 0.3) is 0 Å². The highest BCUT2D eigenvalue weighted by molar-refractivity contribution is 9.10. The molecule has 1 unspecified atom stereocenters. The summed E-state index contributed by atoms with van der Waals surface area (Å²) < 4.78 is 9.50. The molecule has 1 N–H and O–H groups in total. The van der Waals surface area contributed by atoms with Crippen LogP contribution in [-0.4, -0.2) is 16.8 Å². The Hall–Kier alpha value is -0.590. The fourth-order valence-corrected chi connectivity index (χ4v) is 2.88. The third-order valence-electron chi connectivity index (χ3n) is 3.14. The number of halogens is 2. The van der Waals surface area contributed by atoms with E-state index in [0.29, 0.717) is 0 Å². The highest BCUT2D eigenvalue weighted by Gasteiger charge is 2.20. The van der Waals surface area contributed by atoms with Crippen LogP contribution in [0.4, 0.5) is 0 Å². The van der Waals surface area contributed by atoms with Gasteiger partial charge in [0.15, 0.2) is 4.67 Å². The van der Waals surface area contributed by atoms with Crippen LogP contribution in [0.25, 0.3) is 0 Å². The van der Waals surface area contributed by atoms with Gasteiger partial charge in [-0.05, 0) is 64.9 Å². The minimum Gasteiger partial charge on any atom is -0.453 e. The van der Waals surface area contributed by atoms with Gasteiger partial charge in [0.2, 0.25) is 0 Å². The Morgan fingerprint density at radius 1 is 1.42 bits per heavy atom. The van der Waals surface area contributed by atoms with E-state index in [-0.39, 0.29) is 6.04 Å². The van der Waals surface area contributed by atoms with Crippen LogP contribution in [0.1, 0.15) is 30.1 Å². The van der Waals surface area contributed by atoms with E-state index < -0.39 is 0 Å². The van der Waals surface area contributed by atoms with Crippen LogP contribution in [0.5, 0.6) is 0 Å². The van der Waals surface area contributed by atoms with Crippen molar-refractivity contribution < 1.29 is 4.42 Å². The quantitative estimate of drug-likeness (QED) is 0.843. The summed E-state index contributed by atoms with van der Waals surface area (Å²) in [4.78, 5) is 0. The summed E-state index contributed by atoms with van der Waals surface area (Å²) in [6.45, 7) is 4.97. The standard InChI is InChI=1S/C13H17Br2N3O/c1-4-18-10(13(15)8(2)17-18)7-9(16-3)11-5-6-12(14)19-11/h5-6,9,16H,4,7H2,1-3H3. The molecule has 2 aromatic rings. The molecule has 0 bridgehead atoms. The summed E-state index contributed by atoms with van der Waals surface area (Å²) in [5, 5.41) is 7.81. The number of hydrogen-bond acceptors (Lipinski definition) is 3. The Kier molecular flexibility index (Phi) is 4.86. The lowest BCUT2D eigenvalue weighted by molar-refractivity contribution is 0.409. The van der Waals surface area contributed by atoms with Crippen molar-refractivity contribution in [1.29, 1.82) is 0 Å². The maximum Gasteiger partial charge on any atom is 0.169 e. The predicted octanol–water partition coefficient (Wildman–Crippen LogP) is 3.83. The second-order valence-electron chi connectivity index (χ2n) is 4.35. The fourth-order valence-electron chi connectivity index (χ4n) is 2.12. The molecule has 0 saturated heterocycles. The number of likely N-dealkylation sites (N-methyl/N-ethyl adjacent to an activating group) is 1. The maximum atomic E-state index is 5.64. The van der Waals surface area contributed by atoms with Gasteiger partial charge < -0.3 is 9.73 Å². The lowest BCUT2D eigenvalue weighted by Crippen LogP contribution is -2.20. The summed E-state index contributed by atoms with van der Waals surface area (Å²) in [5.74, 6) is 0.919. The zero-order valence-electron chi connectivity index (χ0n) is 11.2. The number of aromatic nitrogens is 2. The summed E-state index contributed by atoms with van der Waals surface area (Å²) in [6, 6.07) is 4.03. The number of rotatable bonds is 5. The number of aryl methyl sites for hydroxylation is 2. The van der Waals surface area contributed by atoms with Crippen LogP contribution < -0.4 is 5.32 Å². The largest absolute Gasteiger partial charge is 0.453 e. The molecule has 6 heteroatoms. The first-order valence-corrected chi connectivity index (χ1v) is 7.79. The zero-order valence-corrected chi connectivity index (χ0v) is 14.4. The van der Waals surface area contributed by atoms with Crippen LogP contribution in [-0.2, 0) is 13.0 Å². The van der Waals surface area contributed by atoms with E-state index in [2.05, 4.69) is 49.2 Å². The van der Waals surface area contributed by atoms with Crippen LogP contribution in [0, 0.1) is 6.92 Å². The zero-order chi connectivity index (χ0) is 14.0. The van der Waals surface area contributed by atoms with E-state index in [4.69, 9.17) is 4.42 Å². The monoisotopic (exact) mass is 389 g/mol. The van der Waals surface area contributed by atoms with Crippen molar-refractivity contribution >= 4 is 31.9 Å². The van der Waals surface area contributed by atoms with Crippen molar-refractivity contribution in [1.82, 2.24) is 15.1 Å². The highest BCUT2D eigenvalue weighted by Crippen LogP contribution is 2.28. The van der Waals surface area contributed by atoms with E-state index in [0.717, 1.165) is 33.6 Å². The molecule has 0 spiro atoms. The molecule has 0 aliphatic rings. The smallest absolute Gasteiger partial charge is 0.169 e. The Morgan fingerprint density at radius 2 is 2.16 bits per heavy atom. The molecular formula is C13H17Br2N3O. The molecule has 0 aromatic carbocycles. The average molecular weight is 391 g/mol. The second-order valence-corrected chi connectivity index (χ2v) is 5.92. The van der Waals surface area contributed by atoms with Crippen LogP contribution in [0.3, 0.4) is 0 Å². The molecule has 0 saturated carbocycles. The molecule has 2 rings (SSSR count). The molecule has 0 aliphatic carbocycles. The molecule has 0 fully saturated rings. The molecule has 104 valence electrons. The van der Waals surface area contributed by atoms with Gasteiger partial charge in [0.05, 0.1) is 21.9 Å². The molecule has 0 radical (unpaired) electrons. The maximum absolute atomic E-state index is 5.64. The number of hydrogen-bond donors (Lipinski definition) is 1. The molecule has 2 aromatic heterocycles. The highest BCUT2D eigenvalue weighted by atomic mass is 79.9. The van der Waals surface area contributed by atoms with Gasteiger partial charge in [-0.3, -0.25) is 4.68 Å². The molecule has 1 atom stereocenters. The van der Waals surface area contributed by atoms with Crippen molar-refractivity contribution in [2.45, 2.75) is 32.9 Å². The van der Waals surface area contributed by atoms with Gasteiger partial charge in [-0.15, -0.1) is 0 Å². The van der Waals surface area contributed by atoms with Crippen molar-refractivity contribution in [2.75, 3.05) is 7.05 Å². The third kappa shape index (κ3) is 3.12. The first-order chi connectivity index (χ1) is 9.06. The minimum absolute atomic E-state index is 0.129. The van der Waals surface area contributed by atoms with Gasteiger partial charge in [-0.1, -0.05) is 0 Å². The molecular weight excluding hydrogens is 374 g/mol. The Bertz CT molecular complexity index is 562. The Labute approximate surface area is 129 Å². The third-order valence-corrected chi connectivity index (χ3v) is 4.59. The van der Waals surface area contributed by atoms with Crippen molar-refractivity contribution in [3.63, 3.8) is 0 Å². The molecule has 4 nitrogen and oxygen atoms in total. The first-order valence-electron chi connectivity index (χ1n) is 6.21. The van der Waals surface area contributed by atoms with Crippen LogP contribution in [0.2, 0.25) is 0 Å². The van der Waals surface area contributed by atoms with Crippen LogP contribution in [0.15, 0.2) is 25.7 Å². The van der Waals surface area contributed by atoms with Crippen molar-refractivity contribution in [2.24, 2.45) is 0 Å². The summed E-state index contributed by atoms with van der Waals surface area (Å²) in [5.41, 5.74) is 2.21. The Balaban J connectivity index is 2.28. The van der Waals surface area contributed by atoms with E-state index in [1.807, 2.05) is 30.8 Å². The van der Waals surface area contributed by atoms with Crippen LogP contribution >= 0.6 is 31.9 Å². The van der Waals surface area contributed by atoms with Gasteiger partial charge in [-0.25, -0.2) is 0 Å². The minimum atomic E-state index is 0.129. The summed E-state index contributed by atoms with van der Waals surface area (Å²) >= 11 is 6.97. The van der Waals surface area contributed by atoms with Gasteiger partial charge in [-0.2, -0.15) is 5.10 Å². The first kappa shape index (κ1) is 14.8. The second kappa shape index (κ2) is 6.24. The van der Waals surface area contributed by atoms with Gasteiger partial charge >= 0.3 is 0 Å². The van der Waals surface area contributed by atoms with E-state index in [9.17, 15) is 0 Å². The van der Waals surface area contributed by atoms with E-state index >= 15 is 0 Å². The molecule has 2 heterocycles. The molecule has 0 aliphatic heterocycles. The lowest BCUT2D eigenvalue weighted by Gasteiger charge is -2.15. The fraction of sp³-hybridized carbons (Fsp3) is 0.462. The molecule has 19 heavy (non-hydrogen) atoms. The number of furan rings is 1. The van der Waals surface area contributed by atoms with Gasteiger partial charge in [0, 0.05) is 13.0 Å². The average Bonchev–Trinajstić information content (AvgIpc) is 2.93. The van der Waals surface area contributed by atoms with Crippen molar-refractivity contribution in [3.05, 3.63) is 38.4 Å². The van der Waals surface area contributed by atoms with Gasteiger partial charge in [0.1, 0.15) is 5.76 Å². The lowest BCUT2D eigenvalue weighted by atomic mass is 10.1. The predicted molar refractivity (Wildman–Crippen MR) is 82.3 cm³/mol. The number of nitrogens with one attached hydrogen (secondary N) is 1. The SMILES string of the molecule is CCn1nc(C)c(Br)c1CC(NC)c1ccc(Br)o1.